The standard InChI is InChI=1S/C17H20N2O3/c1-2-22-15(20)11-10-17(19-9-5-8-14(11)19)12-6-3-4-7-13(12)18-16(17)21/h3-4,6-7,11,14H,2,5,8-10H2,1H3,(H,18,21)/p+1/t11-,14-,17-/m1/s1. The van der Waals surface area contributed by atoms with Gasteiger partial charge in [0.25, 0.3) is 5.91 Å². The number of para-hydroxylation sites is 1. The van der Waals surface area contributed by atoms with Crippen molar-refractivity contribution in [2.24, 2.45) is 5.92 Å². The van der Waals surface area contributed by atoms with Gasteiger partial charge in [0.1, 0.15) is 12.0 Å². The summed E-state index contributed by atoms with van der Waals surface area (Å²) in [5.41, 5.74) is 1.35. The summed E-state index contributed by atoms with van der Waals surface area (Å²) in [6.45, 7) is 3.18. The second-order valence-corrected chi connectivity index (χ2v) is 6.49. The van der Waals surface area contributed by atoms with Gasteiger partial charge in [0, 0.05) is 24.8 Å². The number of esters is 1. The molecule has 1 spiro atoms. The maximum atomic E-state index is 12.8. The van der Waals surface area contributed by atoms with Gasteiger partial charge in [-0.2, -0.15) is 0 Å². The lowest BCUT2D eigenvalue weighted by Crippen LogP contribution is -3.19. The molecule has 1 unspecified atom stereocenters. The molecule has 5 heteroatoms. The predicted octanol–water partition coefficient (Wildman–Crippen LogP) is 0.464. The van der Waals surface area contributed by atoms with Gasteiger partial charge in [-0.15, -0.1) is 0 Å². The van der Waals surface area contributed by atoms with Crippen molar-refractivity contribution < 1.29 is 19.2 Å². The van der Waals surface area contributed by atoms with E-state index in [2.05, 4.69) is 5.32 Å². The first kappa shape index (κ1) is 13.8. The monoisotopic (exact) mass is 301 g/mol. The number of amides is 1. The predicted molar refractivity (Wildman–Crippen MR) is 80.3 cm³/mol. The highest BCUT2D eigenvalue weighted by molar-refractivity contribution is 6.05. The van der Waals surface area contributed by atoms with E-state index in [9.17, 15) is 9.59 Å². The Morgan fingerprint density at radius 1 is 1.45 bits per heavy atom. The van der Waals surface area contributed by atoms with Crippen molar-refractivity contribution in [3.8, 4) is 0 Å². The molecular formula is C17H21N2O3+. The number of benzene rings is 1. The molecule has 5 nitrogen and oxygen atoms in total. The number of quaternary nitrogens is 1. The molecule has 3 aliphatic rings. The Balaban J connectivity index is 1.79. The van der Waals surface area contributed by atoms with E-state index in [1.807, 2.05) is 31.2 Å². The molecule has 1 aromatic rings. The van der Waals surface area contributed by atoms with E-state index in [0.29, 0.717) is 13.0 Å². The third kappa shape index (κ3) is 1.63. The van der Waals surface area contributed by atoms with Crippen LogP contribution in [0.15, 0.2) is 24.3 Å². The molecule has 1 aromatic carbocycles. The maximum Gasteiger partial charge on any atom is 0.315 e. The summed E-state index contributed by atoms with van der Waals surface area (Å²) in [5, 5.41) is 3.02. The average molecular weight is 301 g/mol. The summed E-state index contributed by atoms with van der Waals surface area (Å²) >= 11 is 0. The van der Waals surface area contributed by atoms with Crippen LogP contribution < -0.4 is 10.2 Å². The van der Waals surface area contributed by atoms with Crippen molar-refractivity contribution in [2.75, 3.05) is 18.5 Å². The van der Waals surface area contributed by atoms with E-state index in [1.54, 1.807) is 0 Å². The van der Waals surface area contributed by atoms with Gasteiger partial charge in [-0.05, 0) is 13.0 Å². The first-order valence-corrected chi connectivity index (χ1v) is 8.12. The Morgan fingerprint density at radius 2 is 2.27 bits per heavy atom. The summed E-state index contributed by atoms with van der Waals surface area (Å²) in [6.07, 6.45) is 2.62. The molecule has 0 aromatic heterocycles. The lowest BCUT2D eigenvalue weighted by Gasteiger charge is -2.29. The van der Waals surface area contributed by atoms with Crippen molar-refractivity contribution in [3.63, 3.8) is 0 Å². The van der Waals surface area contributed by atoms with Crippen LogP contribution in [0.25, 0.3) is 0 Å². The molecule has 116 valence electrons. The highest BCUT2D eigenvalue weighted by atomic mass is 16.5. The summed E-state index contributed by atoms with van der Waals surface area (Å²) in [7, 11) is 0. The number of anilines is 1. The van der Waals surface area contributed by atoms with Crippen molar-refractivity contribution >= 4 is 17.6 Å². The van der Waals surface area contributed by atoms with Gasteiger partial charge in [-0.1, -0.05) is 18.2 Å². The molecule has 3 aliphatic heterocycles. The van der Waals surface area contributed by atoms with Crippen LogP contribution in [-0.4, -0.2) is 31.1 Å². The van der Waals surface area contributed by atoms with Crippen LogP contribution in [0, 0.1) is 5.92 Å². The van der Waals surface area contributed by atoms with E-state index in [0.717, 1.165) is 30.6 Å². The summed E-state index contributed by atoms with van der Waals surface area (Å²) in [4.78, 5) is 26.5. The van der Waals surface area contributed by atoms with Gasteiger partial charge in [0.05, 0.1) is 18.8 Å². The third-order valence-electron chi connectivity index (χ3n) is 5.58. The molecule has 2 saturated heterocycles. The number of carbonyl (C=O) groups is 2. The first-order valence-electron chi connectivity index (χ1n) is 8.12. The van der Waals surface area contributed by atoms with Crippen LogP contribution in [0.3, 0.4) is 0 Å². The van der Waals surface area contributed by atoms with E-state index in [1.165, 1.54) is 4.90 Å². The smallest absolute Gasteiger partial charge is 0.315 e. The van der Waals surface area contributed by atoms with Crippen molar-refractivity contribution in [2.45, 2.75) is 37.8 Å². The normalized spacial score (nSPS) is 35.3. The number of carbonyl (C=O) groups excluding carboxylic acids is 2. The number of hydrogen-bond acceptors (Lipinski definition) is 3. The second-order valence-electron chi connectivity index (χ2n) is 6.49. The molecule has 2 N–H and O–H groups in total. The lowest BCUT2D eigenvalue weighted by molar-refractivity contribution is -0.947. The summed E-state index contributed by atoms with van der Waals surface area (Å²) in [6, 6.07) is 8.10. The Hall–Kier alpha value is -1.88. The third-order valence-corrected chi connectivity index (χ3v) is 5.58. The molecule has 2 fully saturated rings. The topological polar surface area (TPSA) is 59.8 Å². The van der Waals surface area contributed by atoms with Gasteiger partial charge in [0.2, 0.25) is 5.54 Å². The van der Waals surface area contributed by atoms with Crippen molar-refractivity contribution in [1.82, 2.24) is 0 Å². The number of fused-ring (bicyclic) bond motifs is 4. The van der Waals surface area contributed by atoms with Crippen LogP contribution in [0.4, 0.5) is 5.69 Å². The molecule has 0 bridgehead atoms. The van der Waals surface area contributed by atoms with Crippen molar-refractivity contribution in [3.05, 3.63) is 29.8 Å². The number of rotatable bonds is 2. The van der Waals surface area contributed by atoms with Gasteiger partial charge in [-0.25, -0.2) is 0 Å². The van der Waals surface area contributed by atoms with Gasteiger partial charge < -0.3 is 15.0 Å². The molecular weight excluding hydrogens is 280 g/mol. The van der Waals surface area contributed by atoms with E-state index < -0.39 is 5.54 Å². The van der Waals surface area contributed by atoms with Crippen LogP contribution in [0.5, 0.6) is 0 Å². The summed E-state index contributed by atoms with van der Waals surface area (Å²) < 4.78 is 5.28. The van der Waals surface area contributed by atoms with Gasteiger partial charge >= 0.3 is 5.97 Å². The molecule has 0 saturated carbocycles. The molecule has 0 aliphatic carbocycles. The Labute approximate surface area is 129 Å². The highest BCUT2D eigenvalue weighted by Crippen LogP contribution is 2.44. The Morgan fingerprint density at radius 3 is 3.09 bits per heavy atom. The van der Waals surface area contributed by atoms with Crippen LogP contribution in [0.1, 0.15) is 31.7 Å². The van der Waals surface area contributed by atoms with Gasteiger partial charge in [-0.3, -0.25) is 9.59 Å². The van der Waals surface area contributed by atoms with Crippen molar-refractivity contribution in [1.29, 1.82) is 0 Å². The fourth-order valence-corrected chi connectivity index (χ4v) is 4.78. The number of ether oxygens (including phenoxy) is 1. The largest absolute Gasteiger partial charge is 0.466 e. The van der Waals surface area contributed by atoms with E-state index >= 15 is 0 Å². The molecule has 4 rings (SSSR count). The molecule has 4 atom stereocenters. The first-order chi connectivity index (χ1) is 10.7. The minimum Gasteiger partial charge on any atom is -0.466 e. The quantitative estimate of drug-likeness (QED) is 0.781. The number of nitrogens with one attached hydrogen (secondary N) is 2. The molecule has 22 heavy (non-hydrogen) atoms. The minimum absolute atomic E-state index is 0.0439. The van der Waals surface area contributed by atoms with Crippen LogP contribution >= 0.6 is 0 Å². The average Bonchev–Trinajstić information content (AvgIpc) is 3.16. The molecule has 1 amide bonds. The lowest BCUT2D eigenvalue weighted by atomic mass is 9.84. The maximum absolute atomic E-state index is 12.8. The Bertz CT molecular complexity index is 645. The summed E-state index contributed by atoms with van der Waals surface area (Å²) in [5.74, 6) is -0.266. The minimum atomic E-state index is -0.602. The number of hydrogen-bond donors (Lipinski definition) is 2. The zero-order valence-electron chi connectivity index (χ0n) is 12.7. The SMILES string of the molecule is CCOC(=O)[C@@H]1C[C@@]2(C(=O)Nc3ccccc32)[NH+]2CCC[C@H]12. The van der Waals surface area contributed by atoms with E-state index in [-0.39, 0.29) is 23.8 Å². The fraction of sp³-hybridized carbons (Fsp3) is 0.529. The molecule has 0 radical (unpaired) electrons. The molecule has 3 heterocycles. The van der Waals surface area contributed by atoms with Gasteiger partial charge in [0.15, 0.2) is 0 Å². The zero-order chi connectivity index (χ0) is 15.3. The fourth-order valence-electron chi connectivity index (χ4n) is 4.78. The van der Waals surface area contributed by atoms with E-state index in [4.69, 9.17) is 4.74 Å². The Kier molecular flexibility index (Phi) is 3.01. The second kappa shape index (κ2) is 4.81. The highest BCUT2D eigenvalue weighted by Gasteiger charge is 2.67. The van der Waals surface area contributed by atoms with Crippen LogP contribution in [0.2, 0.25) is 0 Å². The van der Waals surface area contributed by atoms with Crippen LogP contribution in [-0.2, 0) is 19.9 Å². The zero-order valence-corrected chi connectivity index (χ0v) is 12.7.